The van der Waals surface area contributed by atoms with E-state index in [9.17, 15) is 0 Å². The van der Waals surface area contributed by atoms with Crippen molar-refractivity contribution in [2.45, 2.75) is 20.5 Å². The van der Waals surface area contributed by atoms with Gasteiger partial charge in [0.2, 0.25) is 0 Å². The van der Waals surface area contributed by atoms with Crippen LogP contribution in [0.2, 0.25) is 0 Å². The molecule has 96 valence electrons. The van der Waals surface area contributed by atoms with Gasteiger partial charge in [-0.15, -0.1) is 0 Å². The van der Waals surface area contributed by atoms with Crippen LogP contribution in [-0.4, -0.2) is 14.8 Å². The Hall–Kier alpha value is -2.36. The van der Waals surface area contributed by atoms with Crippen molar-refractivity contribution in [1.82, 2.24) is 14.8 Å². The van der Waals surface area contributed by atoms with E-state index in [-0.39, 0.29) is 0 Å². The Morgan fingerprint density at radius 2 is 2.05 bits per heavy atom. The summed E-state index contributed by atoms with van der Waals surface area (Å²) in [5.74, 6) is 0. The highest BCUT2D eigenvalue weighted by atomic mass is 15.3. The quantitative estimate of drug-likeness (QED) is 0.778. The van der Waals surface area contributed by atoms with Gasteiger partial charge in [-0.1, -0.05) is 6.07 Å². The molecule has 0 amide bonds. The number of nitrogens with one attached hydrogen (secondary N) is 1. The molecule has 3 rings (SSSR count). The van der Waals surface area contributed by atoms with E-state index in [0.717, 1.165) is 28.0 Å². The van der Waals surface area contributed by atoms with E-state index in [1.807, 2.05) is 36.0 Å². The first kappa shape index (κ1) is 11.7. The van der Waals surface area contributed by atoms with Crippen LogP contribution in [0.5, 0.6) is 0 Å². The molecule has 2 heterocycles. The molecule has 1 aromatic carbocycles. The van der Waals surface area contributed by atoms with Crippen LogP contribution < -0.4 is 5.32 Å². The van der Waals surface area contributed by atoms with Crippen molar-refractivity contribution >= 4 is 16.6 Å². The molecular formula is C15H16N4. The van der Waals surface area contributed by atoms with Crippen LogP contribution in [0.3, 0.4) is 0 Å². The third-order valence-corrected chi connectivity index (χ3v) is 3.14. The Kier molecular flexibility index (Phi) is 2.91. The molecule has 0 atom stereocenters. The second kappa shape index (κ2) is 4.72. The van der Waals surface area contributed by atoms with E-state index in [0.29, 0.717) is 6.67 Å². The second-order valence-electron chi connectivity index (χ2n) is 4.67. The topological polar surface area (TPSA) is 42.7 Å². The van der Waals surface area contributed by atoms with Gasteiger partial charge in [-0.2, -0.15) is 5.10 Å². The number of fused-ring (bicyclic) bond motifs is 1. The fraction of sp³-hybridized carbons (Fsp3) is 0.200. The fourth-order valence-corrected chi connectivity index (χ4v) is 2.19. The summed E-state index contributed by atoms with van der Waals surface area (Å²) in [6.07, 6.45) is 1.81. The van der Waals surface area contributed by atoms with Gasteiger partial charge in [-0.3, -0.25) is 9.67 Å². The lowest BCUT2D eigenvalue weighted by Crippen LogP contribution is -2.10. The molecule has 19 heavy (non-hydrogen) atoms. The number of hydrogen-bond donors (Lipinski definition) is 1. The number of pyridine rings is 1. The van der Waals surface area contributed by atoms with E-state index >= 15 is 0 Å². The first-order valence-corrected chi connectivity index (χ1v) is 6.32. The highest BCUT2D eigenvalue weighted by Gasteiger charge is 2.01. The minimum atomic E-state index is 0.672. The Balaban J connectivity index is 1.80. The highest BCUT2D eigenvalue weighted by Crippen LogP contribution is 2.17. The van der Waals surface area contributed by atoms with Gasteiger partial charge in [0.1, 0.15) is 6.67 Å². The van der Waals surface area contributed by atoms with Gasteiger partial charge in [0.25, 0.3) is 0 Å². The summed E-state index contributed by atoms with van der Waals surface area (Å²) < 4.78 is 1.96. The van der Waals surface area contributed by atoms with E-state index in [1.165, 1.54) is 0 Å². The normalized spacial score (nSPS) is 10.8. The molecule has 0 aliphatic heterocycles. The lowest BCUT2D eigenvalue weighted by Gasteiger charge is -2.09. The number of aromatic nitrogens is 3. The SMILES string of the molecule is Cc1cc(C)n(CNc2ccc3ncccc3c2)n1. The van der Waals surface area contributed by atoms with Crippen molar-refractivity contribution in [2.24, 2.45) is 0 Å². The maximum absolute atomic E-state index is 4.43. The van der Waals surface area contributed by atoms with Gasteiger partial charge in [0.15, 0.2) is 0 Å². The summed E-state index contributed by atoms with van der Waals surface area (Å²) in [4.78, 5) is 4.31. The van der Waals surface area contributed by atoms with Crippen molar-refractivity contribution in [3.8, 4) is 0 Å². The minimum Gasteiger partial charge on any atom is -0.366 e. The molecular weight excluding hydrogens is 236 g/mol. The summed E-state index contributed by atoms with van der Waals surface area (Å²) >= 11 is 0. The minimum absolute atomic E-state index is 0.672. The summed E-state index contributed by atoms with van der Waals surface area (Å²) in [5, 5.41) is 8.95. The van der Waals surface area contributed by atoms with Gasteiger partial charge < -0.3 is 5.32 Å². The monoisotopic (exact) mass is 252 g/mol. The van der Waals surface area contributed by atoms with Crippen LogP contribution in [0.4, 0.5) is 5.69 Å². The molecule has 1 N–H and O–H groups in total. The molecule has 0 bridgehead atoms. The molecule has 2 aromatic heterocycles. The predicted molar refractivity (Wildman–Crippen MR) is 77.1 cm³/mol. The van der Waals surface area contributed by atoms with E-state index < -0.39 is 0 Å². The van der Waals surface area contributed by atoms with Gasteiger partial charge in [0, 0.05) is 23.0 Å². The van der Waals surface area contributed by atoms with E-state index in [4.69, 9.17) is 0 Å². The zero-order valence-electron chi connectivity index (χ0n) is 11.1. The highest BCUT2D eigenvalue weighted by molar-refractivity contribution is 5.82. The molecule has 0 fully saturated rings. The molecule has 0 aliphatic rings. The standard InChI is InChI=1S/C15H16N4/c1-11-8-12(2)19(18-11)10-17-14-5-6-15-13(9-14)4-3-7-16-15/h3-9,17H,10H2,1-2H3. The number of nitrogens with zero attached hydrogens (tertiary/aromatic N) is 3. The summed E-state index contributed by atoms with van der Waals surface area (Å²) in [6, 6.07) is 12.3. The van der Waals surface area contributed by atoms with E-state index in [2.05, 4.69) is 40.5 Å². The first-order chi connectivity index (χ1) is 9.22. The number of benzene rings is 1. The van der Waals surface area contributed by atoms with Crippen LogP contribution in [0.25, 0.3) is 10.9 Å². The Labute approximate surface area is 112 Å². The first-order valence-electron chi connectivity index (χ1n) is 6.32. The Bertz CT molecular complexity index is 715. The summed E-state index contributed by atoms with van der Waals surface area (Å²) in [7, 11) is 0. The van der Waals surface area contributed by atoms with Crippen LogP contribution in [0, 0.1) is 13.8 Å². The van der Waals surface area contributed by atoms with Crippen LogP contribution in [0.1, 0.15) is 11.4 Å². The maximum atomic E-state index is 4.43. The third-order valence-electron chi connectivity index (χ3n) is 3.14. The van der Waals surface area contributed by atoms with Crippen molar-refractivity contribution in [3.63, 3.8) is 0 Å². The average molecular weight is 252 g/mol. The molecule has 3 aromatic rings. The van der Waals surface area contributed by atoms with Crippen molar-refractivity contribution in [2.75, 3.05) is 5.32 Å². The molecule has 0 saturated heterocycles. The molecule has 0 spiro atoms. The van der Waals surface area contributed by atoms with Crippen LogP contribution >= 0.6 is 0 Å². The Morgan fingerprint density at radius 3 is 2.84 bits per heavy atom. The number of anilines is 1. The fourth-order valence-electron chi connectivity index (χ4n) is 2.19. The second-order valence-corrected chi connectivity index (χ2v) is 4.67. The summed E-state index contributed by atoms with van der Waals surface area (Å²) in [5.41, 5.74) is 4.29. The van der Waals surface area contributed by atoms with E-state index in [1.54, 1.807) is 0 Å². The maximum Gasteiger partial charge on any atom is 0.109 e. The third kappa shape index (κ3) is 2.42. The molecule has 4 nitrogen and oxygen atoms in total. The van der Waals surface area contributed by atoms with Crippen molar-refractivity contribution in [3.05, 3.63) is 54.0 Å². The zero-order valence-corrected chi connectivity index (χ0v) is 11.1. The van der Waals surface area contributed by atoms with Crippen molar-refractivity contribution in [1.29, 1.82) is 0 Å². The van der Waals surface area contributed by atoms with Gasteiger partial charge in [0.05, 0.1) is 11.2 Å². The molecule has 0 saturated carbocycles. The van der Waals surface area contributed by atoms with Gasteiger partial charge in [-0.25, -0.2) is 0 Å². The van der Waals surface area contributed by atoms with Crippen LogP contribution in [-0.2, 0) is 6.67 Å². The lowest BCUT2D eigenvalue weighted by atomic mass is 10.2. The smallest absolute Gasteiger partial charge is 0.109 e. The molecule has 4 heteroatoms. The van der Waals surface area contributed by atoms with Crippen molar-refractivity contribution < 1.29 is 0 Å². The summed E-state index contributed by atoms with van der Waals surface area (Å²) in [6.45, 7) is 4.74. The predicted octanol–water partition coefficient (Wildman–Crippen LogP) is 3.12. The number of hydrogen-bond acceptors (Lipinski definition) is 3. The number of rotatable bonds is 3. The average Bonchev–Trinajstić information content (AvgIpc) is 2.74. The van der Waals surface area contributed by atoms with Crippen LogP contribution in [0.15, 0.2) is 42.6 Å². The lowest BCUT2D eigenvalue weighted by molar-refractivity contribution is 0.644. The molecule has 0 aliphatic carbocycles. The van der Waals surface area contributed by atoms with Gasteiger partial charge >= 0.3 is 0 Å². The Morgan fingerprint density at radius 1 is 1.16 bits per heavy atom. The zero-order chi connectivity index (χ0) is 13.2. The molecule has 0 unspecified atom stereocenters. The number of aryl methyl sites for hydroxylation is 2. The molecule has 0 radical (unpaired) electrons. The van der Waals surface area contributed by atoms with Gasteiger partial charge in [-0.05, 0) is 44.2 Å². The largest absolute Gasteiger partial charge is 0.366 e.